The van der Waals surface area contributed by atoms with E-state index >= 15 is 0 Å². The molecule has 5 nitrogen and oxygen atoms in total. The lowest BCUT2D eigenvalue weighted by Crippen LogP contribution is -2.04. The zero-order valence-corrected chi connectivity index (χ0v) is 34.5. The number of nitrogens with zero attached hydrogens (tertiary/aromatic N) is 5. The molecule has 12 rings (SSSR count). The van der Waals surface area contributed by atoms with Gasteiger partial charge in [-0.1, -0.05) is 169 Å². The smallest absolute Gasteiger partial charge is 0.166 e. The lowest BCUT2D eigenvalue weighted by molar-refractivity contribution is 1.06. The van der Waals surface area contributed by atoms with Crippen molar-refractivity contribution in [3.05, 3.63) is 224 Å². The Bertz CT molecular complexity index is 3600. The summed E-state index contributed by atoms with van der Waals surface area (Å²) in [5.74, 6) is 1.84. The monoisotopic (exact) mass is 805 g/mol. The Balaban J connectivity index is 1.16. The second-order valence-corrected chi connectivity index (χ2v) is 16.1. The van der Waals surface area contributed by atoms with E-state index in [-0.39, 0.29) is 0 Å². The van der Waals surface area contributed by atoms with Gasteiger partial charge < -0.3 is 9.13 Å². The van der Waals surface area contributed by atoms with E-state index in [1.165, 1.54) is 38.2 Å². The van der Waals surface area contributed by atoms with Gasteiger partial charge in [-0.25, -0.2) is 15.0 Å². The normalized spacial score (nSPS) is 11.6. The summed E-state index contributed by atoms with van der Waals surface area (Å²) in [5.41, 5.74) is 15.2. The van der Waals surface area contributed by atoms with E-state index in [1.54, 1.807) is 0 Å². The fourth-order valence-corrected chi connectivity index (χ4v) is 9.28. The molecule has 0 N–H and O–H groups in total. The molecule has 296 valence electrons. The largest absolute Gasteiger partial charge is 0.309 e. The molecule has 9 aromatic carbocycles. The summed E-state index contributed by atoms with van der Waals surface area (Å²) < 4.78 is 4.76. The Kier molecular flexibility index (Phi) is 8.64. The predicted octanol–water partition coefficient (Wildman–Crippen LogP) is 14.7. The third kappa shape index (κ3) is 6.21. The second-order valence-electron chi connectivity index (χ2n) is 16.1. The van der Waals surface area contributed by atoms with Gasteiger partial charge in [0.05, 0.1) is 27.8 Å². The zero-order valence-electron chi connectivity index (χ0n) is 34.5. The fourth-order valence-electron chi connectivity index (χ4n) is 9.28. The van der Waals surface area contributed by atoms with Crippen molar-refractivity contribution in [3.63, 3.8) is 0 Å². The van der Waals surface area contributed by atoms with Crippen molar-refractivity contribution in [2.24, 2.45) is 0 Å². The third-order valence-electron chi connectivity index (χ3n) is 12.3. The topological polar surface area (TPSA) is 48.5 Å². The van der Waals surface area contributed by atoms with Crippen LogP contribution in [0.2, 0.25) is 0 Å². The van der Waals surface area contributed by atoms with Gasteiger partial charge in [-0.05, 0) is 83.8 Å². The molecule has 12 aromatic rings. The molecule has 0 aliphatic carbocycles. The molecular formula is C58H39N5. The Morgan fingerprint density at radius 1 is 0.317 bits per heavy atom. The zero-order chi connectivity index (χ0) is 41.9. The molecule has 0 atom stereocenters. The summed E-state index contributed by atoms with van der Waals surface area (Å²) in [6.07, 6.45) is 0. The van der Waals surface area contributed by atoms with Crippen LogP contribution in [0, 0.1) is 6.92 Å². The summed E-state index contributed by atoms with van der Waals surface area (Å²) in [6, 6.07) is 77.5. The number of aryl methyl sites for hydroxylation is 1. The number of hydrogen-bond acceptors (Lipinski definition) is 3. The minimum absolute atomic E-state index is 0.598. The first kappa shape index (κ1) is 36.4. The van der Waals surface area contributed by atoms with Crippen molar-refractivity contribution in [3.8, 4) is 67.8 Å². The van der Waals surface area contributed by atoms with Gasteiger partial charge in [0.1, 0.15) is 0 Å². The molecule has 0 aliphatic rings. The van der Waals surface area contributed by atoms with Crippen LogP contribution >= 0.6 is 0 Å². The lowest BCUT2D eigenvalue weighted by Gasteiger charge is -2.17. The summed E-state index contributed by atoms with van der Waals surface area (Å²) in [4.78, 5) is 15.8. The van der Waals surface area contributed by atoms with Gasteiger partial charge in [0, 0.05) is 43.9 Å². The Hall–Kier alpha value is -8.41. The first-order valence-corrected chi connectivity index (χ1v) is 21.4. The number of aromatic nitrogens is 5. The molecule has 0 unspecified atom stereocenters. The highest BCUT2D eigenvalue weighted by Crippen LogP contribution is 2.43. The van der Waals surface area contributed by atoms with Crippen molar-refractivity contribution < 1.29 is 0 Å². The van der Waals surface area contributed by atoms with Crippen LogP contribution in [0.4, 0.5) is 0 Å². The number of hydrogen-bond donors (Lipinski definition) is 0. The summed E-state index contributed by atoms with van der Waals surface area (Å²) in [6.45, 7) is 2.13. The second kappa shape index (κ2) is 14.9. The van der Waals surface area contributed by atoms with Crippen molar-refractivity contribution in [1.82, 2.24) is 24.1 Å². The minimum atomic E-state index is 0.598. The van der Waals surface area contributed by atoms with Crippen molar-refractivity contribution in [1.29, 1.82) is 0 Å². The van der Waals surface area contributed by atoms with Crippen LogP contribution in [0.15, 0.2) is 218 Å². The molecular weight excluding hydrogens is 767 g/mol. The minimum Gasteiger partial charge on any atom is -0.309 e. The van der Waals surface area contributed by atoms with Crippen LogP contribution < -0.4 is 0 Å². The molecule has 63 heavy (non-hydrogen) atoms. The highest BCUT2D eigenvalue weighted by Gasteiger charge is 2.22. The van der Waals surface area contributed by atoms with E-state index in [9.17, 15) is 0 Å². The van der Waals surface area contributed by atoms with E-state index < -0.39 is 0 Å². The molecule has 0 aliphatic heterocycles. The molecule has 0 amide bonds. The SMILES string of the molecule is Cc1ccc(-c2ccc3c(c2)c2ccccc2n3-c2ccc(-c3cccc4c3c3ccccc3n4-c3ccccc3)cc2-c2nc(-c3ccccc3)nc(-c3ccccc3)n2)cc1. The molecule has 0 spiro atoms. The Labute approximate surface area is 364 Å². The highest BCUT2D eigenvalue weighted by atomic mass is 15.1. The molecule has 0 radical (unpaired) electrons. The molecule has 0 bridgehead atoms. The molecule has 0 saturated heterocycles. The molecule has 0 fully saturated rings. The molecule has 0 saturated carbocycles. The van der Waals surface area contributed by atoms with Crippen LogP contribution in [0.25, 0.3) is 111 Å². The highest BCUT2D eigenvalue weighted by molar-refractivity contribution is 6.16. The van der Waals surface area contributed by atoms with E-state index in [0.717, 1.165) is 61.3 Å². The first-order valence-electron chi connectivity index (χ1n) is 21.4. The van der Waals surface area contributed by atoms with Gasteiger partial charge >= 0.3 is 0 Å². The van der Waals surface area contributed by atoms with E-state index in [4.69, 9.17) is 15.0 Å². The van der Waals surface area contributed by atoms with Gasteiger partial charge in [0.25, 0.3) is 0 Å². The van der Waals surface area contributed by atoms with Crippen molar-refractivity contribution >= 4 is 43.6 Å². The van der Waals surface area contributed by atoms with Crippen molar-refractivity contribution in [2.75, 3.05) is 0 Å². The Morgan fingerprint density at radius 2 is 0.857 bits per heavy atom. The summed E-state index contributed by atoms with van der Waals surface area (Å²) in [5, 5.41) is 4.76. The summed E-state index contributed by atoms with van der Waals surface area (Å²) >= 11 is 0. The molecule has 3 aromatic heterocycles. The number of para-hydroxylation sites is 3. The molecule has 3 heterocycles. The third-order valence-corrected chi connectivity index (χ3v) is 12.3. The van der Waals surface area contributed by atoms with Crippen molar-refractivity contribution in [2.45, 2.75) is 6.92 Å². The van der Waals surface area contributed by atoms with Gasteiger partial charge in [-0.15, -0.1) is 0 Å². The maximum absolute atomic E-state index is 5.34. The number of rotatable bonds is 7. The van der Waals surface area contributed by atoms with E-state index in [1.807, 2.05) is 36.4 Å². The fraction of sp³-hybridized carbons (Fsp3) is 0.0172. The maximum Gasteiger partial charge on any atom is 0.166 e. The molecule has 5 heteroatoms. The first-order chi connectivity index (χ1) is 31.2. The predicted molar refractivity (Wildman–Crippen MR) is 260 cm³/mol. The number of fused-ring (bicyclic) bond motifs is 6. The standard InChI is InChI=1S/C58H39N5/c1-38-28-30-39(31-29-38)42-32-34-52-48(36-42)46-22-11-13-25-50(46)63(52)53-35-33-43(45-24-15-27-54-55(45)47-23-12-14-26-51(47)62(54)44-20-9-4-10-21-44)37-49(53)58-60-56(40-16-5-2-6-17-40)59-57(61-58)41-18-7-3-8-19-41/h2-37H,1H3. The average Bonchev–Trinajstić information content (AvgIpc) is 3.87. The van der Waals surface area contributed by atoms with Gasteiger partial charge in [0.2, 0.25) is 0 Å². The quantitative estimate of drug-likeness (QED) is 0.161. The van der Waals surface area contributed by atoms with Crippen LogP contribution in [0.1, 0.15) is 5.56 Å². The van der Waals surface area contributed by atoms with Gasteiger partial charge in [-0.3, -0.25) is 0 Å². The van der Waals surface area contributed by atoms with Crippen LogP contribution in [0.3, 0.4) is 0 Å². The van der Waals surface area contributed by atoms with Crippen LogP contribution in [-0.2, 0) is 0 Å². The van der Waals surface area contributed by atoms with E-state index in [0.29, 0.717) is 17.5 Å². The lowest BCUT2D eigenvalue weighted by atomic mass is 9.96. The van der Waals surface area contributed by atoms with Gasteiger partial charge in [-0.2, -0.15) is 0 Å². The van der Waals surface area contributed by atoms with Crippen LogP contribution in [-0.4, -0.2) is 24.1 Å². The van der Waals surface area contributed by atoms with Crippen LogP contribution in [0.5, 0.6) is 0 Å². The maximum atomic E-state index is 5.34. The van der Waals surface area contributed by atoms with Gasteiger partial charge in [0.15, 0.2) is 17.5 Å². The summed E-state index contributed by atoms with van der Waals surface area (Å²) in [7, 11) is 0. The Morgan fingerprint density at radius 3 is 1.56 bits per heavy atom. The van der Waals surface area contributed by atoms with E-state index in [2.05, 4.69) is 198 Å². The average molecular weight is 806 g/mol. The number of benzene rings is 9.